The minimum absolute atomic E-state index is 0.118. The molecule has 1 aromatic carbocycles. The third-order valence-corrected chi connectivity index (χ3v) is 3.91. The number of ether oxygens (including phenoxy) is 1. The van der Waals surface area contributed by atoms with Crippen LogP contribution in [-0.4, -0.2) is 17.1 Å². The molecule has 136 valence electrons. The predicted molar refractivity (Wildman–Crippen MR) is 96.9 cm³/mol. The molecule has 5 heteroatoms. The van der Waals surface area contributed by atoms with Crippen molar-refractivity contribution in [1.29, 1.82) is 0 Å². The van der Waals surface area contributed by atoms with Crippen molar-refractivity contribution in [2.45, 2.75) is 46.1 Å². The lowest BCUT2D eigenvalue weighted by Crippen LogP contribution is -2.43. The first-order valence-corrected chi connectivity index (χ1v) is 8.45. The van der Waals surface area contributed by atoms with E-state index in [4.69, 9.17) is 10.5 Å². The van der Waals surface area contributed by atoms with Gasteiger partial charge < -0.3 is 10.5 Å². The van der Waals surface area contributed by atoms with E-state index in [0.29, 0.717) is 11.5 Å². The maximum atomic E-state index is 13.5. The van der Waals surface area contributed by atoms with Gasteiger partial charge in [0.25, 0.3) is 6.43 Å². The van der Waals surface area contributed by atoms with Crippen molar-refractivity contribution in [3.05, 3.63) is 47.8 Å². The van der Waals surface area contributed by atoms with Crippen molar-refractivity contribution >= 4 is 0 Å². The molecule has 0 fully saturated rings. The van der Waals surface area contributed by atoms with Crippen LogP contribution in [0.2, 0.25) is 0 Å². The summed E-state index contributed by atoms with van der Waals surface area (Å²) < 4.78 is 32.7. The molecule has 0 aliphatic carbocycles. The lowest BCUT2D eigenvalue weighted by Gasteiger charge is -2.27. The van der Waals surface area contributed by atoms with E-state index in [0.717, 1.165) is 17.7 Å². The van der Waals surface area contributed by atoms with E-state index >= 15 is 0 Å². The summed E-state index contributed by atoms with van der Waals surface area (Å²) >= 11 is 0. The SMILES string of the molecule is Cc1cc(-c2ccc(OCC(C)(N)CC(C)C)c(C(F)F)c2)ccn1. The van der Waals surface area contributed by atoms with Gasteiger partial charge in [-0.3, -0.25) is 4.98 Å². The van der Waals surface area contributed by atoms with E-state index in [1.165, 1.54) is 6.07 Å². The maximum absolute atomic E-state index is 13.5. The third kappa shape index (κ3) is 5.49. The molecule has 0 radical (unpaired) electrons. The van der Waals surface area contributed by atoms with Crippen molar-refractivity contribution < 1.29 is 13.5 Å². The van der Waals surface area contributed by atoms with E-state index in [1.807, 2.05) is 19.9 Å². The molecule has 0 bridgehead atoms. The molecule has 1 atom stereocenters. The molecule has 3 nitrogen and oxygen atoms in total. The smallest absolute Gasteiger partial charge is 0.267 e. The van der Waals surface area contributed by atoms with Gasteiger partial charge in [0.1, 0.15) is 12.4 Å². The standard InChI is InChI=1S/C20H26F2N2O/c1-13(2)11-20(4,23)12-25-18-6-5-15(10-17(18)19(21)22)16-7-8-24-14(3)9-16/h5-10,13,19H,11-12,23H2,1-4H3. The van der Waals surface area contributed by atoms with Crippen LogP contribution in [0.15, 0.2) is 36.5 Å². The van der Waals surface area contributed by atoms with Crippen LogP contribution in [0.3, 0.4) is 0 Å². The number of nitrogens with two attached hydrogens (primary N) is 1. The monoisotopic (exact) mass is 348 g/mol. The quantitative estimate of drug-likeness (QED) is 0.754. The third-order valence-electron chi connectivity index (χ3n) is 3.91. The van der Waals surface area contributed by atoms with Crippen LogP contribution in [-0.2, 0) is 0 Å². The topological polar surface area (TPSA) is 48.1 Å². The first-order valence-electron chi connectivity index (χ1n) is 8.45. The molecular formula is C20H26F2N2O. The number of rotatable bonds is 7. The summed E-state index contributed by atoms with van der Waals surface area (Å²) in [6.45, 7) is 8.08. The molecule has 1 aromatic heterocycles. The van der Waals surface area contributed by atoms with E-state index in [-0.39, 0.29) is 17.9 Å². The lowest BCUT2D eigenvalue weighted by atomic mass is 9.93. The summed E-state index contributed by atoms with van der Waals surface area (Å²) in [6, 6.07) is 8.53. The second-order valence-electron chi connectivity index (χ2n) is 7.28. The Hall–Kier alpha value is -2.01. The van der Waals surface area contributed by atoms with Gasteiger partial charge >= 0.3 is 0 Å². The van der Waals surface area contributed by atoms with E-state index in [1.54, 1.807) is 24.4 Å². The summed E-state index contributed by atoms with van der Waals surface area (Å²) in [5, 5.41) is 0. The van der Waals surface area contributed by atoms with Gasteiger partial charge in [-0.15, -0.1) is 0 Å². The Kier molecular flexibility index (Phi) is 6.11. The Labute approximate surface area is 148 Å². The number of hydrogen-bond acceptors (Lipinski definition) is 3. The zero-order valence-electron chi connectivity index (χ0n) is 15.2. The number of alkyl halides is 2. The van der Waals surface area contributed by atoms with Gasteiger partial charge in [0.15, 0.2) is 0 Å². The molecule has 0 saturated heterocycles. The maximum Gasteiger partial charge on any atom is 0.267 e. The van der Waals surface area contributed by atoms with Crippen LogP contribution >= 0.6 is 0 Å². The number of pyridine rings is 1. The van der Waals surface area contributed by atoms with Crippen molar-refractivity contribution in [2.24, 2.45) is 11.7 Å². The van der Waals surface area contributed by atoms with Crippen LogP contribution in [0.5, 0.6) is 5.75 Å². The number of aromatic nitrogens is 1. The van der Waals surface area contributed by atoms with Gasteiger partial charge in [-0.2, -0.15) is 0 Å². The summed E-state index contributed by atoms with van der Waals surface area (Å²) in [4.78, 5) is 4.13. The highest BCUT2D eigenvalue weighted by atomic mass is 19.3. The number of nitrogens with zero attached hydrogens (tertiary/aromatic N) is 1. The van der Waals surface area contributed by atoms with E-state index < -0.39 is 12.0 Å². The number of hydrogen-bond donors (Lipinski definition) is 1. The Morgan fingerprint density at radius 1 is 1.16 bits per heavy atom. The van der Waals surface area contributed by atoms with Crippen LogP contribution in [0.4, 0.5) is 8.78 Å². The van der Waals surface area contributed by atoms with Crippen molar-refractivity contribution in [3.8, 4) is 16.9 Å². The molecule has 0 amide bonds. The molecule has 2 aromatic rings. The number of halogens is 2. The van der Waals surface area contributed by atoms with Crippen molar-refractivity contribution in [3.63, 3.8) is 0 Å². The zero-order valence-corrected chi connectivity index (χ0v) is 15.2. The van der Waals surface area contributed by atoms with Crippen molar-refractivity contribution in [1.82, 2.24) is 4.98 Å². The van der Waals surface area contributed by atoms with Gasteiger partial charge in [-0.25, -0.2) is 8.78 Å². The molecule has 0 spiro atoms. The molecule has 1 heterocycles. The average molecular weight is 348 g/mol. The largest absolute Gasteiger partial charge is 0.491 e. The lowest BCUT2D eigenvalue weighted by molar-refractivity contribution is 0.140. The summed E-state index contributed by atoms with van der Waals surface area (Å²) in [5.74, 6) is 0.593. The first kappa shape index (κ1) is 19.3. The van der Waals surface area contributed by atoms with E-state index in [9.17, 15) is 8.78 Å². The summed E-state index contributed by atoms with van der Waals surface area (Å²) in [5.41, 5.74) is 7.93. The highest BCUT2D eigenvalue weighted by Gasteiger charge is 2.23. The molecule has 2 rings (SSSR count). The van der Waals surface area contributed by atoms with Crippen LogP contribution < -0.4 is 10.5 Å². The minimum Gasteiger partial charge on any atom is -0.491 e. The van der Waals surface area contributed by atoms with Gasteiger partial charge in [0.2, 0.25) is 0 Å². The highest BCUT2D eigenvalue weighted by molar-refractivity contribution is 5.66. The number of benzene rings is 1. The first-order chi connectivity index (χ1) is 11.7. The second-order valence-corrected chi connectivity index (χ2v) is 7.28. The predicted octanol–water partition coefficient (Wildman–Crippen LogP) is 5.14. The second kappa shape index (κ2) is 7.91. The summed E-state index contributed by atoms with van der Waals surface area (Å²) in [7, 11) is 0. The van der Waals surface area contributed by atoms with Crippen LogP contribution in [0.25, 0.3) is 11.1 Å². The molecular weight excluding hydrogens is 322 g/mol. The van der Waals surface area contributed by atoms with Gasteiger partial charge in [-0.1, -0.05) is 19.9 Å². The highest BCUT2D eigenvalue weighted by Crippen LogP contribution is 2.34. The average Bonchev–Trinajstić information content (AvgIpc) is 2.51. The fourth-order valence-electron chi connectivity index (χ4n) is 2.99. The molecule has 2 N–H and O–H groups in total. The van der Waals surface area contributed by atoms with Crippen LogP contribution in [0, 0.1) is 12.8 Å². The van der Waals surface area contributed by atoms with Crippen molar-refractivity contribution in [2.75, 3.05) is 6.61 Å². The summed E-state index contributed by atoms with van der Waals surface area (Å²) in [6.07, 6.45) is -0.194. The number of aryl methyl sites for hydroxylation is 1. The fourth-order valence-corrected chi connectivity index (χ4v) is 2.99. The molecule has 25 heavy (non-hydrogen) atoms. The zero-order chi connectivity index (χ0) is 18.6. The molecule has 1 unspecified atom stereocenters. The molecule has 0 saturated carbocycles. The fraction of sp³-hybridized carbons (Fsp3) is 0.450. The van der Waals surface area contributed by atoms with Crippen LogP contribution in [0.1, 0.15) is 44.9 Å². The van der Waals surface area contributed by atoms with Gasteiger partial charge in [0, 0.05) is 17.4 Å². The molecule has 0 aliphatic heterocycles. The Morgan fingerprint density at radius 2 is 1.84 bits per heavy atom. The van der Waals surface area contributed by atoms with E-state index in [2.05, 4.69) is 18.8 Å². The Balaban J connectivity index is 2.25. The van der Waals surface area contributed by atoms with Gasteiger partial charge in [-0.05, 0) is 61.6 Å². The Morgan fingerprint density at radius 3 is 2.44 bits per heavy atom. The van der Waals surface area contributed by atoms with Gasteiger partial charge in [0.05, 0.1) is 5.56 Å². The normalized spacial score (nSPS) is 14.0. The minimum atomic E-state index is -2.62. The molecule has 0 aliphatic rings. The Bertz CT molecular complexity index is 715.